The summed E-state index contributed by atoms with van der Waals surface area (Å²) in [4.78, 5) is 30.5. The molecule has 4 aliphatic rings. The first-order chi connectivity index (χ1) is 18.2. The van der Waals surface area contributed by atoms with Crippen molar-refractivity contribution in [1.82, 2.24) is 10.2 Å². The fourth-order valence-corrected chi connectivity index (χ4v) is 7.22. The lowest BCUT2D eigenvalue weighted by molar-refractivity contribution is -0.119. The molecule has 7 rings (SSSR count). The molecule has 1 saturated carbocycles. The number of hydrogen-bond donors (Lipinski definition) is 1. The molecule has 3 aromatic carbocycles. The van der Waals surface area contributed by atoms with E-state index in [9.17, 15) is 9.59 Å². The number of para-hydroxylation sites is 1. The van der Waals surface area contributed by atoms with Crippen molar-refractivity contribution in [2.45, 2.75) is 37.3 Å². The van der Waals surface area contributed by atoms with Gasteiger partial charge >= 0.3 is 6.09 Å². The molecule has 3 aliphatic heterocycles. The fraction of sp³-hybridized carbons (Fsp3) is 0.310. The van der Waals surface area contributed by atoms with Crippen LogP contribution in [0.1, 0.15) is 31.2 Å². The summed E-state index contributed by atoms with van der Waals surface area (Å²) in [5.41, 5.74) is 3.38. The number of hydrogen-bond acceptors (Lipinski definition) is 4. The second kappa shape index (κ2) is 8.62. The third kappa shape index (κ3) is 3.65. The Kier molecular flexibility index (Phi) is 5.51. The molecule has 0 spiro atoms. The first-order valence-corrected chi connectivity index (χ1v) is 13.8. The van der Waals surface area contributed by atoms with Crippen molar-refractivity contribution in [2.75, 3.05) is 18.0 Å². The molecule has 194 valence electrons. The van der Waals surface area contributed by atoms with E-state index in [1.54, 1.807) is 34.1 Å². The predicted octanol–water partition coefficient (Wildman–Crippen LogP) is 7.03. The number of carbonyl (C=O) groups excluding carboxylic acids is 2. The number of amides is 2. The van der Waals surface area contributed by atoms with Gasteiger partial charge in [-0.3, -0.25) is 14.6 Å². The highest BCUT2D eigenvalue weighted by molar-refractivity contribution is 6.40. The molecule has 3 fully saturated rings. The molecule has 0 radical (unpaired) electrons. The Labute approximate surface area is 235 Å². The van der Waals surface area contributed by atoms with Crippen LogP contribution in [0.2, 0.25) is 15.1 Å². The molecule has 9 heteroatoms. The first kappa shape index (κ1) is 24.3. The maximum atomic E-state index is 13.7. The minimum Gasteiger partial charge on any atom is -0.410 e. The Morgan fingerprint density at radius 2 is 1.74 bits per heavy atom. The van der Waals surface area contributed by atoms with Gasteiger partial charge in [-0.15, -0.1) is 0 Å². The van der Waals surface area contributed by atoms with Gasteiger partial charge in [0.25, 0.3) is 0 Å². The minimum atomic E-state index is -0.407. The lowest BCUT2D eigenvalue weighted by Crippen LogP contribution is -2.54. The second-order valence-electron chi connectivity index (χ2n) is 10.8. The highest BCUT2D eigenvalue weighted by Gasteiger charge is 2.54. The van der Waals surface area contributed by atoms with Crippen LogP contribution in [0.25, 0.3) is 11.1 Å². The molecule has 3 aromatic rings. The molecule has 2 bridgehead atoms. The van der Waals surface area contributed by atoms with E-state index in [-0.39, 0.29) is 29.3 Å². The van der Waals surface area contributed by atoms with E-state index in [1.165, 1.54) is 0 Å². The smallest absolute Gasteiger partial charge is 0.410 e. The predicted molar refractivity (Wildman–Crippen MR) is 149 cm³/mol. The summed E-state index contributed by atoms with van der Waals surface area (Å²) in [5, 5.41) is 4.75. The van der Waals surface area contributed by atoms with Crippen molar-refractivity contribution in [3.63, 3.8) is 0 Å². The van der Waals surface area contributed by atoms with Crippen LogP contribution in [0.3, 0.4) is 0 Å². The van der Waals surface area contributed by atoms with E-state index >= 15 is 0 Å². The first-order valence-electron chi connectivity index (χ1n) is 12.7. The Hall–Kier alpha value is -2.77. The van der Waals surface area contributed by atoms with Gasteiger partial charge < -0.3 is 10.1 Å². The summed E-state index contributed by atoms with van der Waals surface area (Å²) >= 11 is 19.9. The van der Waals surface area contributed by atoms with Gasteiger partial charge in [-0.1, -0.05) is 59.1 Å². The van der Waals surface area contributed by atoms with Crippen LogP contribution in [-0.4, -0.2) is 41.6 Å². The van der Waals surface area contributed by atoms with Crippen LogP contribution < -0.4 is 15.0 Å². The van der Waals surface area contributed by atoms with Crippen LogP contribution in [0, 0.1) is 5.92 Å². The molecule has 6 nitrogen and oxygen atoms in total. The third-order valence-corrected chi connectivity index (χ3v) is 9.27. The summed E-state index contributed by atoms with van der Waals surface area (Å²) in [6.45, 7) is 3.41. The molecule has 0 aromatic heterocycles. The van der Waals surface area contributed by atoms with E-state index < -0.39 is 6.09 Å². The molecule has 3 heterocycles. The normalized spacial score (nSPS) is 26.8. The van der Waals surface area contributed by atoms with E-state index in [0.29, 0.717) is 38.7 Å². The van der Waals surface area contributed by atoms with E-state index in [4.69, 9.17) is 39.5 Å². The van der Waals surface area contributed by atoms with Crippen molar-refractivity contribution in [1.29, 1.82) is 0 Å². The maximum absolute atomic E-state index is 13.7. The van der Waals surface area contributed by atoms with Crippen molar-refractivity contribution >= 4 is 58.2 Å². The van der Waals surface area contributed by atoms with Gasteiger partial charge in [0.2, 0.25) is 5.91 Å². The van der Waals surface area contributed by atoms with Crippen LogP contribution in [0.15, 0.2) is 54.6 Å². The number of nitrogens with zero attached hydrogens (tertiary/aromatic N) is 2. The average Bonchev–Trinajstić information content (AvgIpc) is 3.50. The number of carbonyl (C=O) groups is 2. The molecule has 2 amide bonds. The standard InChI is InChI=1S/C29H24Cl3N3O3/c1-29-12-15(33-14-29)13-34(29)28(37)38-16-9-18(17-5-2-3-6-21(17)30)25-19-11-20(19)27(36)35(24(25)10-16)26-22(31)7-4-8-23(26)32/h2-10,15,19-20,33H,11-14H2,1H3. The van der Waals surface area contributed by atoms with Crippen LogP contribution in [0.4, 0.5) is 16.2 Å². The molecule has 4 unspecified atom stereocenters. The number of rotatable bonds is 3. The maximum Gasteiger partial charge on any atom is 0.415 e. The number of benzene rings is 3. The number of anilines is 2. The second-order valence-corrected chi connectivity index (χ2v) is 12.1. The Morgan fingerprint density at radius 1 is 1.00 bits per heavy atom. The number of halogens is 3. The Morgan fingerprint density at radius 3 is 2.42 bits per heavy atom. The number of piperazine rings is 1. The minimum absolute atomic E-state index is 0.0466. The molecule has 1 aliphatic carbocycles. The summed E-state index contributed by atoms with van der Waals surface area (Å²) in [6, 6.07) is 16.6. The SMILES string of the molecule is CC12CNC(CN1C(=O)Oc1cc(-c3ccccc3Cl)c3c(c1)N(c1c(Cl)cccc1Cl)C(=O)C1CC31)C2. The van der Waals surface area contributed by atoms with Crippen LogP contribution >= 0.6 is 34.8 Å². The molecular weight excluding hydrogens is 545 g/mol. The lowest BCUT2D eigenvalue weighted by atomic mass is 9.90. The average molecular weight is 569 g/mol. The van der Waals surface area contributed by atoms with E-state index in [0.717, 1.165) is 36.1 Å². The monoisotopic (exact) mass is 567 g/mol. The topological polar surface area (TPSA) is 61.9 Å². The number of likely N-dealkylation sites (tertiary alicyclic amines) is 1. The zero-order valence-corrected chi connectivity index (χ0v) is 22.8. The lowest BCUT2D eigenvalue weighted by Gasteiger charge is -2.35. The quantitative estimate of drug-likeness (QED) is 0.368. The van der Waals surface area contributed by atoms with Crippen LogP contribution in [-0.2, 0) is 4.79 Å². The molecule has 1 N–H and O–H groups in total. The van der Waals surface area contributed by atoms with Gasteiger partial charge in [0.05, 0.1) is 27.0 Å². The van der Waals surface area contributed by atoms with E-state index in [1.807, 2.05) is 30.3 Å². The van der Waals surface area contributed by atoms with Crippen molar-refractivity contribution in [3.8, 4) is 16.9 Å². The van der Waals surface area contributed by atoms with E-state index in [2.05, 4.69) is 12.2 Å². The molecule has 4 atom stereocenters. The van der Waals surface area contributed by atoms with Gasteiger partial charge in [-0.2, -0.15) is 0 Å². The van der Waals surface area contributed by atoms with Crippen molar-refractivity contribution in [2.24, 2.45) is 5.92 Å². The number of nitrogens with one attached hydrogen (secondary N) is 1. The van der Waals surface area contributed by atoms with Gasteiger partial charge in [0, 0.05) is 41.7 Å². The Balaban J connectivity index is 1.39. The Bertz CT molecular complexity index is 1510. The van der Waals surface area contributed by atoms with Gasteiger partial charge in [-0.25, -0.2) is 4.79 Å². The van der Waals surface area contributed by atoms with Crippen molar-refractivity contribution in [3.05, 3.63) is 75.2 Å². The molecular formula is C29H24Cl3N3O3. The highest BCUT2D eigenvalue weighted by atomic mass is 35.5. The van der Waals surface area contributed by atoms with Crippen LogP contribution in [0.5, 0.6) is 5.75 Å². The number of ether oxygens (including phenoxy) is 1. The van der Waals surface area contributed by atoms with Crippen molar-refractivity contribution < 1.29 is 14.3 Å². The largest absolute Gasteiger partial charge is 0.415 e. The summed E-state index contributed by atoms with van der Waals surface area (Å²) in [7, 11) is 0. The fourth-order valence-electron chi connectivity index (χ4n) is 6.42. The molecule has 2 saturated heterocycles. The van der Waals surface area contributed by atoms with Gasteiger partial charge in [0.1, 0.15) is 5.75 Å². The summed E-state index contributed by atoms with van der Waals surface area (Å²) in [5.74, 6) is 0.145. The summed E-state index contributed by atoms with van der Waals surface area (Å²) in [6.07, 6.45) is 1.21. The third-order valence-electron chi connectivity index (χ3n) is 8.33. The van der Waals surface area contributed by atoms with Gasteiger partial charge in [-0.05, 0) is 61.1 Å². The number of fused-ring (bicyclic) bond motifs is 5. The highest BCUT2D eigenvalue weighted by Crippen LogP contribution is 2.61. The zero-order chi connectivity index (χ0) is 26.3. The summed E-state index contributed by atoms with van der Waals surface area (Å²) < 4.78 is 6.03. The van der Waals surface area contributed by atoms with Gasteiger partial charge in [0.15, 0.2) is 0 Å². The zero-order valence-electron chi connectivity index (χ0n) is 20.5. The molecule has 38 heavy (non-hydrogen) atoms.